The predicted molar refractivity (Wildman–Crippen MR) is 109 cm³/mol. The molecule has 1 saturated carbocycles. The van der Waals surface area contributed by atoms with E-state index in [1.165, 1.54) is 37.3 Å². The SMILES string of the molecule is O=C(O)C1CN(Cc2ccc(-c3cc4cc(C5CCCC5)ccc4o3)c(F)c2)C1. The van der Waals surface area contributed by atoms with Gasteiger partial charge >= 0.3 is 5.97 Å². The van der Waals surface area contributed by atoms with Crippen molar-refractivity contribution < 1.29 is 18.7 Å². The van der Waals surface area contributed by atoms with Gasteiger partial charge in [0.25, 0.3) is 0 Å². The average molecular weight is 393 g/mol. The zero-order valence-corrected chi connectivity index (χ0v) is 16.2. The van der Waals surface area contributed by atoms with Crippen molar-refractivity contribution >= 4 is 16.9 Å². The molecule has 29 heavy (non-hydrogen) atoms. The van der Waals surface area contributed by atoms with E-state index in [9.17, 15) is 9.18 Å². The van der Waals surface area contributed by atoms with Crippen LogP contribution in [-0.2, 0) is 11.3 Å². The fourth-order valence-electron chi connectivity index (χ4n) is 4.68. The first-order valence-corrected chi connectivity index (χ1v) is 10.3. The van der Waals surface area contributed by atoms with E-state index in [0.717, 1.165) is 16.5 Å². The molecule has 1 aromatic heterocycles. The summed E-state index contributed by atoms with van der Waals surface area (Å²) in [7, 11) is 0. The molecule has 0 unspecified atom stereocenters. The highest BCUT2D eigenvalue weighted by molar-refractivity contribution is 5.83. The van der Waals surface area contributed by atoms with E-state index >= 15 is 0 Å². The minimum absolute atomic E-state index is 0.302. The topological polar surface area (TPSA) is 53.7 Å². The van der Waals surface area contributed by atoms with Crippen LogP contribution >= 0.6 is 0 Å². The number of hydrogen-bond acceptors (Lipinski definition) is 3. The molecular weight excluding hydrogens is 369 g/mol. The smallest absolute Gasteiger partial charge is 0.309 e. The van der Waals surface area contributed by atoms with Crippen molar-refractivity contribution in [2.45, 2.75) is 38.1 Å². The van der Waals surface area contributed by atoms with Gasteiger partial charge in [0.2, 0.25) is 0 Å². The summed E-state index contributed by atoms with van der Waals surface area (Å²) in [5.74, 6) is -0.195. The summed E-state index contributed by atoms with van der Waals surface area (Å²) in [4.78, 5) is 12.9. The van der Waals surface area contributed by atoms with Gasteiger partial charge in [0, 0.05) is 25.0 Å². The van der Waals surface area contributed by atoms with Crippen LogP contribution in [0.5, 0.6) is 0 Å². The highest BCUT2D eigenvalue weighted by atomic mass is 19.1. The van der Waals surface area contributed by atoms with Crippen LogP contribution in [0, 0.1) is 11.7 Å². The van der Waals surface area contributed by atoms with Gasteiger partial charge in [-0.1, -0.05) is 25.0 Å². The molecule has 0 spiro atoms. The molecular formula is C24H24FNO3. The number of furan rings is 1. The van der Waals surface area contributed by atoms with Gasteiger partial charge in [-0.05, 0) is 60.2 Å². The predicted octanol–water partition coefficient (Wildman–Crippen LogP) is 5.41. The first-order chi connectivity index (χ1) is 14.1. The fraction of sp³-hybridized carbons (Fsp3) is 0.375. The van der Waals surface area contributed by atoms with Crippen molar-refractivity contribution in [2.24, 2.45) is 5.92 Å². The molecule has 150 valence electrons. The Morgan fingerprint density at radius 1 is 1.10 bits per heavy atom. The van der Waals surface area contributed by atoms with Crippen molar-refractivity contribution in [1.29, 1.82) is 0 Å². The molecule has 2 heterocycles. The maximum absolute atomic E-state index is 14.8. The van der Waals surface area contributed by atoms with E-state index in [-0.39, 0.29) is 11.7 Å². The number of hydrogen-bond donors (Lipinski definition) is 1. The van der Waals surface area contributed by atoms with Crippen molar-refractivity contribution in [3.05, 3.63) is 59.4 Å². The second kappa shape index (κ2) is 7.30. The first kappa shape index (κ1) is 18.4. The van der Waals surface area contributed by atoms with Crippen LogP contribution in [-0.4, -0.2) is 29.1 Å². The molecule has 2 aromatic carbocycles. The van der Waals surface area contributed by atoms with E-state index in [0.29, 0.717) is 36.9 Å². The van der Waals surface area contributed by atoms with Crippen molar-refractivity contribution in [3.63, 3.8) is 0 Å². The van der Waals surface area contributed by atoms with Gasteiger partial charge in [-0.2, -0.15) is 0 Å². The van der Waals surface area contributed by atoms with Crippen LogP contribution in [0.3, 0.4) is 0 Å². The summed E-state index contributed by atoms with van der Waals surface area (Å²) in [5.41, 5.74) is 3.44. The molecule has 2 aliphatic rings. The lowest BCUT2D eigenvalue weighted by Gasteiger charge is -2.36. The third-order valence-electron chi connectivity index (χ3n) is 6.38. The summed E-state index contributed by atoms with van der Waals surface area (Å²) in [6.07, 6.45) is 5.09. The molecule has 1 aliphatic heterocycles. The van der Waals surface area contributed by atoms with Crippen LogP contribution in [0.25, 0.3) is 22.3 Å². The number of benzene rings is 2. The van der Waals surface area contributed by atoms with Gasteiger partial charge in [-0.3, -0.25) is 9.69 Å². The van der Waals surface area contributed by atoms with Gasteiger partial charge < -0.3 is 9.52 Å². The highest BCUT2D eigenvalue weighted by Gasteiger charge is 2.32. The van der Waals surface area contributed by atoms with Gasteiger partial charge in [-0.25, -0.2) is 4.39 Å². The zero-order chi connectivity index (χ0) is 20.0. The maximum atomic E-state index is 14.8. The third kappa shape index (κ3) is 3.55. The molecule has 0 radical (unpaired) electrons. The van der Waals surface area contributed by atoms with E-state index in [2.05, 4.69) is 12.1 Å². The number of fused-ring (bicyclic) bond motifs is 1. The lowest BCUT2D eigenvalue weighted by Crippen LogP contribution is -2.49. The number of carboxylic acid groups (broad SMARTS) is 1. The number of halogens is 1. The molecule has 5 rings (SSSR count). The molecule has 5 heteroatoms. The summed E-state index contributed by atoms with van der Waals surface area (Å²) in [6.45, 7) is 1.60. The number of aliphatic carboxylic acids is 1. The Balaban J connectivity index is 1.35. The summed E-state index contributed by atoms with van der Waals surface area (Å²) in [5, 5.41) is 9.99. The Morgan fingerprint density at radius 2 is 1.90 bits per heavy atom. The third-order valence-corrected chi connectivity index (χ3v) is 6.38. The summed E-state index contributed by atoms with van der Waals surface area (Å²) < 4.78 is 20.7. The van der Waals surface area contributed by atoms with Crippen LogP contribution in [0.1, 0.15) is 42.7 Å². The molecule has 3 aromatic rings. The largest absolute Gasteiger partial charge is 0.481 e. The standard InChI is InChI=1S/C24H24FNO3/c25-21-9-15(12-26-13-19(14-26)24(27)28)5-7-20(21)23-11-18-10-17(6-8-22(18)29-23)16-3-1-2-4-16/h5-11,16,19H,1-4,12-14H2,(H,27,28). The Bertz CT molecular complexity index is 1060. The summed E-state index contributed by atoms with van der Waals surface area (Å²) in [6, 6.07) is 13.4. The van der Waals surface area contributed by atoms with Gasteiger partial charge in [0.15, 0.2) is 0 Å². The molecule has 0 amide bonds. The van der Waals surface area contributed by atoms with E-state index in [1.807, 2.05) is 23.1 Å². The van der Waals surface area contributed by atoms with Crippen molar-refractivity contribution in [3.8, 4) is 11.3 Å². The van der Waals surface area contributed by atoms with Gasteiger partial charge in [0.1, 0.15) is 17.2 Å². The molecule has 1 N–H and O–H groups in total. The zero-order valence-electron chi connectivity index (χ0n) is 16.2. The number of nitrogens with zero attached hydrogens (tertiary/aromatic N) is 1. The maximum Gasteiger partial charge on any atom is 0.309 e. The minimum Gasteiger partial charge on any atom is -0.481 e. The van der Waals surface area contributed by atoms with E-state index < -0.39 is 5.97 Å². The fourth-order valence-corrected chi connectivity index (χ4v) is 4.68. The van der Waals surface area contributed by atoms with E-state index in [4.69, 9.17) is 9.52 Å². The Morgan fingerprint density at radius 3 is 2.62 bits per heavy atom. The van der Waals surface area contributed by atoms with Crippen LogP contribution in [0.15, 0.2) is 46.9 Å². The van der Waals surface area contributed by atoms with Crippen LogP contribution in [0.2, 0.25) is 0 Å². The number of carbonyl (C=O) groups is 1. The number of rotatable bonds is 5. The molecule has 4 nitrogen and oxygen atoms in total. The number of likely N-dealkylation sites (tertiary alicyclic amines) is 1. The molecule has 1 aliphatic carbocycles. The monoisotopic (exact) mass is 393 g/mol. The summed E-state index contributed by atoms with van der Waals surface area (Å²) >= 11 is 0. The lowest BCUT2D eigenvalue weighted by atomic mass is 9.96. The van der Waals surface area contributed by atoms with Crippen LogP contribution in [0.4, 0.5) is 4.39 Å². The quantitative estimate of drug-likeness (QED) is 0.629. The molecule has 0 bridgehead atoms. The van der Waals surface area contributed by atoms with Gasteiger partial charge in [-0.15, -0.1) is 0 Å². The normalized spacial score (nSPS) is 18.4. The Labute approximate surface area is 168 Å². The van der Waals surface area contributed by atoms with Crippen LogP contribution < -0.4 is 0 Å². The Kier molecular flexibility index (Phi) is 4.63. The molecule has 0 atom stereocenters. The lowest BCUT2D eigenvalue weighted by molar-refractivity contribution is -0.147. The number of carboxylic acids is 1. The molecule has 2 fully saturated rings. The molecule has 1 saturated heterocycles. The van der Waals surface area contributed by atoms with E-state index in [1.54, 1.807) is 6.07 Å². The highest BCUT2D eigenvalue weighted by Crippen LogP contribution is 2.37. The van der Waals surface area contributed by atoms with Crippen molar-refractivity contribution in [2.75, 3.05) is 13.1 Å². The first-order valence-electron chi connectivity index (χ1n) is 10.3. The second-order valence-electron chi connectivity index (χ2n) is 8.43. The van der Waals surface area contributed by atoms with Crippen molar-refractivity contribution in [1.82, 2.24) is 4.90 Å². The average Bonchev–Trinajstić information content (AvgIpc) is 3.32. The Hall–Kier alpha value is -2.66. The second-order valence-corrected chi connectivity index (χ2v) is 8.43. The van der Waals surface area contributed by atoms with Gasteiger partial charge in [0.05, 0.1) is 11.5 Å². The minimum atomic E-state index is -0.760.